The number of rotatable bonds is 0. The molecule has 0 aliphatic carbocycles. The first kappa shape index (κ1) is 10.5. The molecule has 1 aliphatic rings. The topological polar surface area (TPSA) is 3.01 Å². The van der Waals surface area contributed by atoms with Crippen LogP contribution in [0.25, 0.3) is 10.8 Å². The Morgan fingerprint density at radius 1 is 1.00 bits per heavy atom. The lowest BCUT2D eigenvalue weighted by molar-refractivity contribution is -0.402. The van der Waals surface area contributed by atoms with Crippen molar-refractivity contribution in [1.82, 2.24) is 0 Å². The smallest absolute Gasteiger partial charge is 0.202 e. The maximum absolute atomic E-state index is 2.32. The molecule has 2 aromatic rings. The molecule has 0 spiro atoms. The fraction of sp³-hybridized carbons (Fsp3) is 0.312. The van der Waals surface area contributed by atoms with E-state index >= 15 is 0 Å². The van der Waals surface area contributed by atoms with Crippen molar-refractivity contribution >= 4 is 22.2 Å². The molecule has 0 amide bonds. The Morgan fingerprint density at radius 3 is 2.47 bits per heavy atom. The Kier molecular flexibility index (Phi) is 1.97. The highest BCUT2D eigenvalue weighted by molar-refractivity contribution is 6.01. The van der Waals surface area contributed by atoms with E-state index in [-0.39, 0.29) is 5.41 Å². The van der Waals surface area contributed by atoms with Gasteiger partial charge in [0.05, 0.1) is 5.41 Å². The van der Waals surface area contributed by atoms with Gasteiger partial charge in [0.15, 0.2) is 5.71 Å². The van der Waals surface area contributed by atoms with Crippen LogP contribution in [-0.4, -0.2) is 17.3 Å². The predicted molar refractivity (Wildman–Crippen MR) is 73.5 cm³/mol. The van der Waals surface area contributed by atoms with E-state index in [1.165, 1.54) is 27.7 Å². The molecule has 0 N–H and O–H groups in total. The molecule has 17 heavy (non-hydrogen) atoms. The van der Waals surface area contributed by atoms with Crippen LogP contribution in [0.1, 0.15) is 26.3 Å². The van der Waals surface area contributed by atoms with Crippen LogP contribution in [0.3, 0.4) is 0 Å². The quantitative estimate of drug-likeness (QED) is 0.598. The molecule has 1 nitrogen and oxygen atoms in total. The van der Waals surface area contributed by atoms with Gasteiger partial charge in [0, 0.05) is 18.6 Å². The summed E-state index contributed by atoms with van der Waals surface area (Å²) in [5, 5.41) is 2.72. The highest BCUT2D eigenvalue weighted by Crippen LogP contribution is 2.42. The van der Waals surface area contributed by atoms with Crippen molar-refractivity contribution in [2.45, 2.75) is 26.2 Å². The lowest BCUT2D eigenvalue weighted by Gasteiger charge is -2.17. The van der Waals surface area contributed by atoms with Gasteiger partial charge in [-0.1, -0.05) is 24.3 Å². The highest BCUT2D eigenvalue weighted by atomic mass is 15.0. The molecule has 0 saturated carbocycles. The summed E-state index contributed by atoms with van der Waals surface area (Å²) >= 11 is 0. The van der Waals surface area contributed by atoms with Gasteiger partial charge in [0.1, 0.15) is 7.05 Å². The van der Waals surface area contributed by atoms with Crippen molar-refractivity contribution in [1.29, 1.82) is 0 Å². The van der Waals surface area contributed by atoms with Crippen LogP contribution in [0.4, 0.5) is 5.69 Å². The molecule has 0 radical (unpaired) electrons. The molecule has 0 aromatic heterocycles. The van der Waals surface area contributed by atoms with Gasteiger partial charge in [-0.2, -0.15) is 0 Å². The maximum atomic E-state index is 2.32. The molecule has 0 bridgehead atoms. The highest BCUT2D eigenvalue weighted by Gasteiger charge is 2.42. The molecule has 1 aliphatic heterocycles. The zero-order valence-corrected chi connectivity index (χ0v) is 10.9. The van der Waals surface area contributed by atoms with Gasteiger partial charge in [-0.15, -0.1) is 0 Å². The van der Waals surface area contributed by atoms with E-state index < -0.39 is 0 Å². The zero-order valence-electron chi connectivity index (χ0n) is 10.9. The van der Waals surface area contributed by atoms with Gasteiger partial charge >= 0.3 is 0 Å². The summed E-state index contributed by atoms with van der Waals surface area (Å²) in [5.41, 5.74) is 4.37. The zero-order chi connectivity index (χ0) is 12.2. The van der Waals surface area contributed by atoms with Crippen LogP contribution >= 0.6 is 0 Å². The third-order valence-electron chi connectivity index (χ3n) is 4.30. The molecule has 1 heteroatoms. The fourth-order valence-corrected chi connectivity index (χ4v) is 2.98. The molecular weight excluding hydrogens is 206 g/mol. The second-order valence-corrected chi connectivity index (χ2v) is 5.45. The Labute approximate surface area is 102 Å². The number of fused-ring (bicyclic) bond motifs is 3. The number of hydrogen-bond donors (Lipinski definition) is 0. The number of hydrogen-bond acceptors (Lipinski definition) is 0. The molecule has 86 valence electrons. The normalized spacial score (nSPS) is 17.6. The maximum Gasteiger partial charge on any atom is 0.209 e. The molecule has 0 saturated heterocycles. The molecule has 3 rings (SSSR count). The average molecular weight is 224 g/mol. The molecule has 0 atom stereocenters. The molecule has 2 aromatic carbocycles. The molecule has 1 heterocycles. The summed E-state index contributed by atoms with van der Waals surface area (Å²) in [7, 11) is 2.16. The van der Waals surface area contributed by atoms with Gasteiger partial charge < -0.3 is 0 Å². The standard InChI is InChI=1S/C16H18N/c1-11-16(2,3)15-13-8-6-5-7-12(13)9-10-14(15)17(11)4/h5-10H,1-4H3/q+1. The Hall–Kier alpha value is -1.63. The van der Waals surface area contributed by atoms with Gasteiger partial charge in [0.25, 0.3) is 0 Å². The third kappa shape index (κ3) is 1.22. The Bertz CT molecular complexity index is 648. The van der Waals surface area contributed by atoms with E-state index in [0.29, 0.717) is 0 Å². The summed E-state index contributed by atoms with van der Waals surface area (Å²) in [6, 6.07) is 13.1. The minimum atomic E-state index is 0.130. The first-order valence-electron chi connectivity index (χ1n) is 6.13. The van der Waals surface area contributed by atoms with Crippen molar-refractivity contribution in [3.63, 3.8) is 0 Å². The Morgan fingerprint density at radius 2 is 1.71 bits per heavy atom. The first-order valence-corrected chi connectivity index (χ1v) is 6.13. The van der Waals surface area contributed by atoms with E-state index in [1.807, 2.05) is 0 Å². The van der Waals surface area contributed by atoms with Gasteiger partial charge in [-0.05, 0) is 30.7 Å². The van der Waals surface area contributed by atoms with Crippen molar-refractivity contribution in [2.75, 3.05) is 7.05 Å². The van der Waals surface area contributed by atoms with Crippen LogP contribution in [0.15, 0.2) is 36.4 Å². The van der Waals surface area contributed by atoms with E-state index in [4.69, 9.17) is 0 Å². The molecular formula is C16H18N+. The summed E-state index contributed by atoms with van der Waals surface area (Å²) in [5.74, 6) is 0. The van der Waals surface area contributed by atoms with Crippen molar-refractivity contribution in [3.05, 3.63) is 42.0 Å². The van der Waals surface area contributed by atoms with Crippen LogP contribution in [0.5, 0.6) is 0 Å². The third-order valence-corrected chi connectivity index (χ3v) is 4.30. The molecule has 0 fully saturated rings. The Balaban J connectivity index is 2.47. The minimum Gasteiger partial charge on any atom is -0.202 e. The monoisotopic (exact) mass is 224 g/mol. The second kappa shape index (κ2) is 3.19. The van der Waals surface area contributed by atoms with Crippen molar-refractivity contribution < 1.29 is 4.58 Å². The van der Waals surface area contributed by atoms with Crippen LogP contribution in [-0.2, 0) is 5.41 Å². The minimum absolute atomic E-state index is 0.130. The van der Waals surface area contributed by atoms with Gasteiger partial charge in [0.2, 0.25) is 5.69 Å². The molecule has 0 unspecified atom stereocenters. The number of nitrogens with zero attached hydrogens (tertiary/aromatic N) is 1. The van der Waals surface area contributed by atoms with Crippen LogP contribution in [0.2, 0.25) is 0 Å². The largest absolute Gasteiger partial charge is 0.209 e. The van der Waals surface area contributed by atoms with Crippen LogP contribution < -0.4 is 0 Å². The van der Waals surface area contributed by atoms with E-state index in [1.54, 1.807) is 0 Å². The fourth-order valence-electron chi connectivity index (χ4n) is 2.98. The lowest BCUT2D eigenvalue weighted by Crippen LogP contribution is -2.25. The summed E-state index contributed by atoms with van der Waals surface area (Å²) in [6.45, 7) is 6.86. The number of benzene rings is 2. The summed E-state index contributed by atoms with van der Waals surface area (Å²) < 4.78 is 2.32. The van der Waals surface area contributed by atoms with E-state index in [2.05, 4.69) is 68.8 Å². The first-order chi connectivity index (χ1) is 8.03. The SMILES string of the molecule is CC1=[N+](C)c2ccc3ccccc3c2C1(C)C. The predicted octanol–water partition coefficient (Wildman–Crippen LogP) is 3.87. The van der Waals surface area contributed by atoms with E-state index in [0.717, 1.165) is 0 Å². The van der Waals surface area contributed by atoms with Gasteiger partial charge in [-0.3, -0.25) is 0 Å². The summed E-state index contributed by atoms with van der Waals surface area (Å²) in [4.78, 5) is 0. The van der Waals surface area contributed by atoms with Crippen molar-refractivity contribution in [2.24, 2.45) is 0 Å². The van der Waals surface area contributed by atoms with Crippen molar-refractivity contribution in [3.8, 4) is 0 Å². The van der Waals surface area contributed by atoms with Crippen LogP contribution in [0, 0.1) is 0 Å². The average Bonchev–Trinajstić information content (AvgIpc) is 2.51. The second-order valence-electron chi connectivity index (χ2n) is 5.45. The summed E-state index contributed by atoms with van der Waals surface area (Å²) in [6.07, 6.45) is 0. The van der Waals surface area contributed by atoms with Gasteiger partial charge in [-0.25, -0.2) is 4.58 Å². The van der Waals surface area contributed by atoms with E-state index in [9.17, 15) is 0 Å². The lowest BCUT2D eigenvalue weighted by atomic mass is 9.80.